The van der Waals surface area contributed by atoms with Gasteiger partial charge in [-0.15, -0.1) is 0 Å². The summed E-state index contributed by atoms with van der Waals surface area (Å²) in [7, 11) is 1.48. The fourth-order valence-corrected chi connectivity index (χ4v) is 2.18. The van der Waals surface area contributed by atoms with Crippen LogP contribution in [0.4, 0.5) is 0 Å². The van der Waals surface area contributed by atoms with Crippen LogP contribution in [0.5, 0.6) is 5.75 Å². The van der Waals surface area contributed by atoms with E-state index in [1.165, 1.54) is 35.9 Å². The van der Waals surface area contributed by atoms with Crippen molar-refractivity contribution in [1.29, 1.82) is 0 Å². The van der Waals surface area contributed by atoms with Gasteiger partial charge in [-0.2, -0.15) is 0 Å². The van der Waals surface area contributed by atoms with Crippen LogP contribution in [0, 0.1) is 0 Å². The molecule has 7 heteroatoms. The summed E-state index contributed by atoms with van der Waals surface area (Å²) >= 11 is 0. The van der Waals surface area contributed by atoms with E-state index in [1.54, 1.807) is 6.92 Å². The molecule has 0 saturated carbocycles. The topological polar surface area (TPSA) is 97.6 Å². The average Bonchev–Trinajstić information content (AvgIpc) is 2.49. The van der Waals surface area contributed by atoms with Gasteiger partial charge in [0, 0.05) is 18.5 Å². The molecule has 1 aromatic heterocycles. The number of hydrogen-bond donors (Lipinski definition) is 2. The number of nitrogens with zero attached hydrogens (tertiary/aromatic N) is 1. The van der Waals surface area contributed by atoms with E-state index in [2.05, 4.69) is 5.32 Å². The molecule has 0 aliphatic heterocycles. The van der Waals surface area contributed by atoms with Crippen LogP contribution in [0.25, 0.3) is 10.9 Å². The highest BCUT2D eigenvalue weighted by Crippen LogP contribution is 2.27. The molecule has 0 aliphatic carbocycles. The number of ether oxygens (including phenoxy) is 1. The molecule has 0 spiro atoms. The van der Waals surface area contributed by atoms with Crippen LogP contribution >= 0.6 is 0 Å². The minimum atomic E-state index is -1.09. The Kier molecular flexibility index (Phi) is 4.45. The average molecular weight is 304 g/mol. The lowest BCUT2D eigenvalue weighted by molar-refractivity contribution is -0.121. The van der Waals surface area contributed by atoms with Gasteiger partial charge in [0.15, 0.2) is 0 Å². The number of likely N-dealkylation sites (N-methyl/N-ethyl adjacent to an activating group) is 1. The quantitative estimate of drug-likeness (QED) is 0.853. The molecule has 0 radical (unpaired) electrons. The summed E-state index contributed by atoms with van der Waals surface area (Å²) in [5.41, 5.74) is 0.101. The molecular weight excluding hydrogens is 288 g/mol. The molecule has 2 rings (SSSR count). The molecule has 1 amide bonds. The number of aromatic carboxylic acids is 1. The lowest BCUT2D eigenvalue weighted by atomic mass is 10.1. The minimum Gasteiger partial charge on any atom is -0.492 e. The summed E-state index contributed by atoms with van der Waals surface area (Å²) < 4.78 is 6.73. The zero-order chi connectivity index (χ0) is 16.3. The maximum Gasteiger partial charge on any atom is 0.335 e. The summed E-state index contributed by atoms with van der Waals surface area (Å²) in [5, 5.41) is 12.1. The van der Waals surface area contributed by atoms with Gasteiger partial charge >= 0.3 is 5.97 Å². The maximum absolute atomic E-state index is 12.1. The van der Waals surface area contributed by atoms with Crippen LogP contribution in [-0.4, -0.2) is 35.2 Å². The Morgan fingerprint density at radius 1 is 1.32 bits per heavy atom. The molecule has 1 aromatic carbocycles. The molecule has 7 nitrogen and oxygen atoms in total. The van der Waals surface area contributed by atoms with Gasteiger partial charge in [0.05, 0.1) is 17.7 Å². The number of amides is 1. The van der Waals surface area contributed by atoms with E-state index < -0.39 is 5.97 Å². The van der Waals surface area contributed by atoms with Crippen LogP contribution in [0.2, 0.25) is 0 Å². The van der Waals surface area contributed by atoms with Crippen molar-refractivity contribution in [1.82, 2.24) is 9.88 Å². The van der Waals surface area contributed by atoms with Crippen LogP contribution < -0.4 is 15.6 Å². The predicted octanol–water partition coefficient (Wildman–Crippen LogP) is 0.844. The van der Waals surface area contributed by atoms with Crippen molar-refractivity contribution in [3.05, 3.63) is 40.2 Å². The third-order valence-electron chi connectivity index (χ3n) is 3.17. The Balaban J connectivity index is 2.78. The lowest BCUT2D eigenvalue weighted by Crippen LogP contribution is -2.30. The van der Waals surface area contributed by atoms with Crippen LogP contribution in [0.15, 0.2) is 29.1 Å². The summed E-state index contributed by atoms with van der Waals surface area (Å²) in [4.78, 5) is 34.9. The zero-order valence-electron chi connectivity index (χ0n) is 12.3. The molecule has 0 unspecified atom stereocenters. The van der Waals surface area contributed by atoms with Crippen LogP contribution in [0.3, 0.4) is 0 Å². The van der Waals surface area contributed by atoms with Gasteiger partial charge in [-0.3, -0.25) is 14.2 Å². The summed E-state index contributed by atoms with van der Waals surface area (Å²) in [5.74, 6) is -1.16. The number of pyridine rings is 1. The molecular formula is C15H16N2O5. The Morgan fingerprint density at radius 3 is 2.64 bits per heavy atom. The minimum absolute atomic E-state index is 0.0566. The lowest BCUT2D eigenvalue weighted by Gasteiger charge is -2.14. The second-order valence-electron chi connectivity index (χ2n) is 4.58. The highest BCUT2D eigenvalue weighted by molar-refractivity contribution is 5.96. The number of carbonyl (C=O) groups excluding carboxylic acids is 1. The zero-order valence-corrected chi connectivity index (χ0v) is 12.3. The molecule has 0 aliphatic rings. The van der Waals surface area contributed by atoms with Gasteiger partial charge in [0.1, 0.15) is 12.3 Å². The third-order valence-corrected chi connectivity index (χ3v) is 3.17. The highest BCUT2D eigenvalue weighted by Gasteiger charge is 2.15. The van der Waals surface area contributed by atoms with E-state index in [4.69, 9.17) is 9.84 Å². The number of benzene rings is 1. The van der Waals surface area contributed by atoms with Gasteiger partial charge in [-0.1, -0.05) is 0 Å². The van der Waals surface area contributed by atoms with Crippen molar-refractivity contribution in [3.8, 4) is 5.75 Å². The SMILES string of the molecule is CCOc1cc(C(=O)O)cc2ccc(=O)n(CC(=O)NC)c12. The molecule has 0 bridgehead atoms. The van der Waals surface area contributed by atoms with E-state index in [0.717, 1.165) is 0 Å². The monoisotopic (exact) mass is 304 g/mol. The van der Waals surface area contributed by atoms with Gasteiger partial charge in [0.2, 0.25) is 5.91 Å². The first-order valence-corrected chi connectivity index (χ1v) is 6.72. The number of carbonyl (C=O) groups is 2. The molecule has 1 heterocycles. The fraction of sp³-hybridized carbons (Fsp3) is 0.267. The summed E-state index contributed by atoms with van der Waals surface area (Å²) in [6.07, 6.45) is 0. The first-order valence-electron chi connectivity index (χ1n) is 6.72. The molecule has 2 N–H and O–H groups in total. The smallest absolute Gasteiger partial charge is 0.335 e. The Labute approximate surface area is 126 Å². The number of carboxylic acid groups (broad SMARTS) is 1. The van der Waals surface area contributed by atoms with Crippen LogP contribution in [-0.2, 0) is 11.3 Å². The molecule has 22 heavy (non-hydrogen) atoms. The molecule has 2 aromatic rings. The van der Waals surface area contributed by atoms with Crippen molar-refractivity contribution in [3.63, 3.8) is 0 Å². The highest BCUT2D eigenvalue weighted by atomic mass is 16.5. The first-order chi connectivity index (χ1) is 10.5. The van der Waals surface area contributed by atoms with Gasteiger partial charge in [0.25, 0.3) is 5.56 Å². The summed E-state index contributed by atoms with van der Waals surface area (Å²) in [6.45, 7) is 1.89. The number of rotatable bonds is 5. The van der Waals surface area contributed by atoms with Crippen LogP contribution in [0.1, 0.15) is 17.3 Å². The number of carboxylic acids is 1. The Bertz CT molecular complexity index is 794. The second kappa shape index (κ2) is 6.30. The molecule has 0 atom stereocenters. The Morgan fingerprint density at radius 2 is 2.05 bits per heavy atom. The van der Waals surface area contributed by atoms with Gasteiger partial charge in [-0.05, 0) is 25.1 Å². The molecule has 0 saturated heterocycles. The van der Waals surface area contributed by atoms with Crippen molar-refractivity contribution in [2.45, 2.75) is 13.5 Å². The third kappa shape index (κ3) is 2.93. The summed E-state index contributed by atoms with van der Waals surface area (Å²) in [6, 6.07) is 5.62. The van der Waals surface area contributed by atoms with Crippen molar-refractivity contribution < 1.29 is 19.4 Å². The van der Waals surface area contributed by atoms with Gasteiger partial charge < -0.3 is 15.2 Å². The normalized spacial score (nSPS) is 10.5. The fourth-order valence-electron chi connectivity index (χ4n) is 2.18. The second-order valence-corrected chi connectivity index (χ2v) is 4.58. The standard InChI is InChI=1S/C15H16N2O5/c1-3-22-11-7-10(15(20)21)6-9-4-5-13(19)17(14(9)11)8-12(18)16-2/h4-7H,3,8H2,1-2H3,(H,16,18)(H,20,21). The van der Waals surface area contributed by atoms with Gasteiger partial charge in [-0.25, -0.2) is 4.79 Å². The molecule has 116 valence electrons. The van der Waals surface area contributed by atoms with Crippen molar-refractivity contribution in [2.24, 2.45) is 0 Å². The first kappa shape index (κ1) is 15.6. The van der Waals surface area contributed by atoms with Crippen molar-refractivity contribution in [2.75, 3.05) is 13.7 Å². The van der Waals surface area contributed by atoms with E-state index in [1.807, 2.05) is 0 Å². The van der Waals surface area contributed by atoms with E-state index in [0.29, 0.717) is 17.5 Å². The van der Waals surface area contributed by atoms with E-state index >= 15 is 0 Å². The number of aromatic nitrogens is 1. The Hall–Kier alpha value is -2.83. The van der Waals surface area contributed by atoms with Crippen molar-refractivity contribution >= 4 is 22.8 Å². The predicted molar refractivity (Wildman–Crippen MR) is 80.4 cm³/mol. The number of hydrogen-bond acceptors (Lipinski definition) is 4. The van der Waals surface area contributed by atoms with E-state index in [-0.39, 0.29) is 29.3 Å². The maximum atomic E-state index is 12.1. The molecule has 0 fully saturated rings. The van der Waals surface area contributed by atoms with E-state index in [9.17, 15) is 14.4 Å². The largest absolute Gasteiger partial charge is 0.492 e. The number of nitrogens with one attached hydrogen (secondary N) is 1. The number of fused-ring (bicyclic) bond motifs is 1.